The molecule has 0 atom stereocenters. The minimum atomic E-state index is 0.551. The van der Waals surface area contributed by atoms with E-state index < -0.39 is 0 Å². The molecule has 0 radical (unpaired) electrons. The summed E-state index contributed by atoms with van der Waals surface area (Å²) < 4.78 is 2.11. The van der Waals surface area contributed by atoms with Crippen molar-refractivity contribution in [1.29, 1.82) is 0 Å². The molecule has 2 N–H and O–H groups in total. The second-order valence-electron chi connectivity index (χ2n) is 13.7. The van der Waals surface area contributed by atoms with Gasteiger partial charge in [0, 0.05) is 74.9 Å². The van der Waals surface area contributed by atoms with E-state index in [0.717, 1.165) is 101 Å². The van der Waals surface area contributed by atoms with Gasteiger partial charge in [0.15, 0.2) is 6.29 Å². The number of hydrogen-bond donors (Lipinski definition) is 2. The van der Waals surface area contributed by atoms with E-state index in [0.29, 0.717) is 11.1 Å². The average molecular weight is 696 g/mol. The van der Waals surface area contributed by atoms with Crippen LogP contribution in [0.5, 0.6) is 0 Å². The van der Waals surface area contributed by atoms with E-state index >= 15 is 0 Å². The molecule has 2 aliphatic rings. The molecule has 6 heterocycles. The van der Waals surface area contributed by atoms with E-state index in [2.05, 4.69) is 131 Å². The number of aromatic nitrogens is 5. The third kappa shape index (κ3) is 5.15. The first-order chi connectivity index (χ1) is 26.6. The highest BCUT2D eigenvalue weighted by Gasteiger charge is 2.27. The summed E-state index contributed by atoms with van der Waals surface area (Å²) in [4.78, 5) is 31.6. The van der Waals surface area contributed by atoms with Gasteiger partial charge in [-0.05, 0) is 52.6 Å². The number of fused-ring (bicyclic) bond motifs is 11. The van der Waals surface area contributed by atoms with E-state index in [1.165, 1.54) is 0 Å². The third-order valence-corrected chi connectivity index (χ3v) is 10.3. The molecule has 0 unspecified atom stereocenters. The molecule has 54 heavy (non-hydrogen) atoms. The van der Waals surface area contributed by atoms with Crippen molar-refractivity contribution in [3.63, 3.8) is 0 Å². The number of aromatic amines is 2. The van der Waals surface area contributed by atoms with Crippen LogP contribution in [0.1, 0.15) is 21.7 Å². The summed E-state index contributed by atoms with van der Waals surface area (Å²) in [5, 5.41) is 0. The van der Waals surface area contributed by atoms with Crippen LogP contribution >= 0.6 is 0 Å². The molecular weight excluding hydrogens is 663 g/mol. The van der Waals surface area contributed by atoms with Crippen molar-refractivity contribution < 1.29 is 4.79 Å². The standard InChI is InChI=1S/C48H33N5O/c1-53-27-35-36(28-53)48-45(33-20-12-5-13-21-33)40-25-24-38(50-40)43(31-16-8-3-9-17-31)46-34(29-54)26-41(51-46)42(30-14-6-2-7-15-30)37-22-23-39(49-37)44(47(35)52-48)32-18-10-4-11-19-32/h2-29,49,51H,1H3. The highest BCUT2D eigenvalue weighted by molar-refractivity contribution is 6.06. The largest absolute Gasteiger partial charge is 0.356 e. The number of rotatable bonds is 5. The topological polar surface area (TPSA) is 79.4 Å². The Labute approximate surface area is 311 Å². The lowest BCUT2D eigenvalue weighted by molar-refractivity contribution is 0.112. The zero-order valence-electron chi connectivity index (χ0n) is 29.4. The van der Waals surface area contributed by atoms with Gasteiger partial charge in [0.2, 0.25) is 0 Å². The molecule has 0 saturated heterocycles. The molecule has 10 rings (SSSR count). The molecule has 0 spiro atoms. The number of carbonyl (C=O) groups is 1. The SMILES string of the molecule is Cn1cc2c(c1)-c1nc-2c(-c2ccccc2)c2nc(c(-c3ccccc3)c3[nH]c(cc3C=O)c(-c3ccccc3)c3ccc([nH]3)c1-c1ccccc1)C=C2. The van der Waals surface area contributed by atoms with E-state index in [1.54, 1.807) is 0 Å². The van der Waals surface area contributed by atoms with E-state index in [9.17, 15) is 4.79 Å². The normalized spacial score (nSPS) is 11.8. The minimum absolute atomic E-state index is 0.551. The molecule has 8 bridgehead atoms. The summed E-state index contributed by atoms with van der Waals surface area (Å²) >= 11 is 0. The number of nitrogens with zero attached hydrogens (tertiary/aromatic N) is 3. The van der Waals surface area contributed by atoms with Crippen molar-refractivity contribution in [2.45, 2.75) is 0 Å². The van der Waals surface area contributed by atoms with Crippen molar-refractivity contribution in [2.75, 3.05) is 0 Å². The summed E-state index contributed by atoms with van der Waals surface area (Å²) in [6.07, 6.45) is 9.39. The molecule has 8 aromatic rings. The lowest BCUT2D eigenvalue weighted by atomic mass is 9.97. The van der Waals surface area contributed by atoms with Crippen LogP contribution in [0.3, 0.4) is 0 Å². The Morgan fingerprint density at radius 3 is 1.52 bits per heavy atom. The second-order valence-corrected chi connectivity index (χ2v) is 13.7. The number of H-pyrrole nitrogens is 2. The van der Waals surface area contributed by atoms with Gasteiger partial charge in [0.1, 0.15) is 0 Å². The fourth-order valence-electron chi connectivity index (χ4n) is 7.93. The Hall–Kier alpha value is -7.31. The molecule has 0 saturated carbocycles. The molecule has 0 fully saturated rings. The fourth-order valence-corrected chi connectivity index (χ4v) is 7.93. The van der Waals surface area contributed by atoms with E-state index in [-0.39, 0.29) is 0 Å². The summed E-state index contributed by atoms with van der Waals surface area (Å²) in [7, 11) is 2.06. The monoisotopic (exact) mass is 695 g/mol. The average Bonchev–Trinajstić information content (AvgIpc) is 4.07. The van der Waals surface area contributed by atoms with E-state index in [1.807, 2.05) is 54.6 Å². The molecule has 6 heteroatoms. The van der Waals surface area contributed by atoms with E-state index in [4.69, 9.17) is 9.97 Å². The first-order valence-electron chi connectivity index (χ1n) is 18.0. The predicted octanol–water partition coefficient (Wildman–Crippen LogP) is 11.6. The summed E-state index contributed by atoms with van der Waals surface area (Å²) in [6, 6.07) is 47.5. The lowest BCUT2D eigenvalue weighted by Crippen LogP contribution is -1.91. The predicted molar refractivity (Wildman–Crippen MR) is 220 cm³/mol. The molecule has 0 amide bonds. The maximum absolute atomic E-state index is 13.0. The maximum Gasteiger partial charge on any atom is 0.152 e. The van der Waals surface area contributed by atoms with Crippen LogP contribution in [0.15, 0.2) is 152 Å². The molecule has 6 nitrogen and oxygen atoms in total. The molecule has 4 aromatic carbocycles. The number of hydrogen-bond acceptors (Lipinski definition) is 3. The van der Waals surface area contributed by atoms with Gasteiger partial charge in [0.25, 0.3) is 0 Å². The first-order valence-corrected chi connectivity index (χ1v) is 18.0. The Morgan fingerprint density at radius 1 is 0.500 bits per heavy atom. The van der Waals surface area contributed by atoms with Crippen LogP contribution in [-0.2, 0) is 7.05 Å². The zero-order chi connectivity index (χ0) is 36.2. The van der Waals surface area contributed by atoms with Crippen molar-refractivity contribution >= 4 is 40.5 Å². The highest BCUT2D eigenvalue weighted by Crippen LogP contribution is 2.47. The number of nitrogens with one attached hydrogen (secondary N) is 2. The molecule has 256 valence electrons. The van der Waals surface area contributed by atoms with Gasteiger partial charge in [-0.2, -0.15) is 0 Å². The van der Waals surface area contributed by atoms with Gasteiger partial charge in [0.05, 0.1) is 28.3 Å². The smallest absolute Gasteiger partial charge is 0.152 e. The van der Waals surface area contributed by atoms with Crippen molar-refractivity contribution in [1.82, 2.24) is 24.5 Å². The van der Waals surface area contributed by atoms with Crippen LogP contribution in [-0.4, -0.2) is 30.8 Å². The van der Waals surface area contributed by atoms with Gasteiger partial charge < -0.3 is 14.5 Å². The number of aldehydes is 1. The third-order valence-electron chi connectivity index (χ3n) is 10.3. The van der Waals surface area contributed by atoms with Gasteiger partial charge in [-0.1, -0.05) is 121 Å². The fraction of sp³-hybridized carbons (Fsp3) is 0.0208. The molecular formula is C48H33N5O. The van der Waals surface area contributed by atoms with Crippen molar-refractivity contribution in [2.24, 2.45) is 7.05 Å². The van der Waals surface area contributed by atoms with Gasteiger partial charge in [-0.3, -0.25) is 4.79 Å². The number of carbonyl (C=O) groups excluding carboxylic acids is 1. The molecule has 4 aromatic heterocycles. The van der Waals surface area contributed by atoms with Crippen LogP contribution in [0, 0.1) is 0 Å². The summed E-state index contributed by atoms with van der Waals surface area (Å²) in [5.41, 5.74) is 17.0. The molecule has 2 aliphatic heterocycles. The van der Waals surface area contributed by atoms with Gasteiger partial charge in [-0.25, -0.2) is 9.97 Å². The Kier molecular flexibility index (Phi) is 7.40. The maximum atomic E-state index is 13.0. The Bertz CT molecular complexity index is 2940. The highest BCUT2D eigenvalue weighted by atomic mass is 16.1. The van der Waals surface area contributed by atoms with Crippen LogP contribution < -0.4 is 0 Å². The Balaban J connectivity index is 1.48. The second kappa shape index (κ2) is 12.7. The minimum Gasteiger partial charge on any atom is -0.356 e. The van der Waals surface area contributed by atoms with Crippen LogP contribution in [0.25, 0.3) is 101 Å². The van der Waals surface area contributed by atoms with Crippen LogP contribution in [0.2, 0.25) is 0 Å². The zero-order valence-corrected chi connectivity index (χ0v) is 29.4. The number of aryl methyl sites for hydroxylation is 1. The van der Waals surface area contributed by atoms with Crippen LogP contribution in [0.4, 0.5) is 0 Å². The Morgan fingerprint density at radius 2 is 0.963 bits per heavy atom. The van der Waals surface area contributed by atoms with Gasteiger partial charge >= 0.3 is 0 Å². The first kappa shape index (κ1) is 31.4. The number of benzene rings is 4. The lowest BCUT2D eigenvalue weighted by Gasteiger charge is -2.07. The van der Waals surface area contributed by atoms with Crippen molar-refractivity contribution in [3.8, 4) is 67.0 Å². The van der Waals surface area contributed by atoms with Gasteiger partial charge in [-0.15, -0.1) is 0 Å². The molecule has 0 aliphatic carbocycles. The summed E-state index contributed by atoms with van der Waals surface area (Å²) in [5.74, 6) is 0. The summed E-state index contributed by atoms with van der Waals surface area (Å²) in [6.45, 7) is 0. The van der Waals surface area contributed by atoms with Crippen molar-refractivity contribution in [3.05, 3.63) is 169 Å². The quantitative estimate of drug-likeness (QED) is 0.176.